The van der Waals surface area contributed by atoms with Crippen LogP contribution >= 0.6 is 11.3 Å². The molecule has 1 atom stereocenters. The molecule has 1 heterocycles. The third kappa shape index (κ3) is 1.87. The van der Waals surface area contributed by atoms with Crippen molar-refractivity contribution in [3.63, 3.8) is 0 Å². The largest absolute Gasteiger partial charge is 0.476 e. The van der Waals surface area contributed by atoms with Crippen LogP contribution in [-0.4, -0.2) is 21.2 Å². The molecule has 0 saturated heterocycles. The van der Waals surface area contributed by atoms with Crippen molar-refractivity contribution in [1.82, 2.24) is 4.98 Å². The Bertz CT molecular complexity index is 702. The van der Waals surface area contributed by atoms with Gasteiger partial charge in [0.05, 0.1) is 6.10 Å². The second kappa shape index (κ2) is 4.29. The summed E-state index contributed by atoms with van der Waals surface area (Å²) in [5, 5.41) is 19.7. The Morgan fingerprint density at radius 2 is 2.11 bits per heavy atom. The molecule has 0 radical (unpaired) electrons. The summed E-state index contributed by atoms with van der Waals surface area (Å²) in [6.45, 7) is 1.74. The number of carboxylic acid groups (broad SMARTS) is 1. The van der Waals surface area contributed by atoms with Gasteiger partial charge in [-0.25, -0.2) is 9.78 Å². The number of hydrogen-bond donors (Lipinski definition) is 2. The van der Waals surface area contributed by atoms with Crippen molar-refractivity contribution in [2.24, 2.45) is 0 Å². The van der Waals surface area contributed by atoms with Crippen molar-refractivity contribution < 1.29 is 15.0 Å². The Hall–Kier alpha value is -1.98. The lowest BCUT2D eigenvalue weighted by Gasteiger charge is -2.03. The van der Waals surface area contributed by atoms with Gasteiger partial charge in [0.15, 0.2) is 5.69 Å². The first-order valence-electron chi connectivity index (χ1n) is 5.78. The van der Waals surface area contributed by atoms with E-state index in [9.17, 15) is 9.90 Å². The van der Waals surface area contributed by atoms with Crippen molar-refractivity contribution in [3.8, 4) is 0 Å². The zero-order chi connectivity index (χ0) is 13.6. The van der Waals surface area contributed by atoms with Gasteiger partial charge in [0, 0.05) is 10.5 Å². The minimum atomic E-state index is -1.02. The zero-order valence-corrected chi connectivity index (χ0v) is 10.9. The van der Waals surface area contributed by atoms with E-state index in [0.717, 1.165) is 16.7 Å². The topological polar surface area (TPSA) is 70.4 Å². The van der Waals surface area contributed by atoms with E-state index in [0.29, 0.717) is 9.88 Å². The van der Waals surface area contributed by atoms with Crippen LogP contribution in [0, 0.1) is 6.92 Å². The lowest BCUT2D eigenvalue weighted by molar-refractivity contribution is 0.0690. The van der Waals surface area contributed by atoms with E-state index in [1.807, 2.05) is 24.3 Å². The number of benzene rings is 1. The van der Waals surface area contributed by atoms with E-state index >= 15 is 0 Å². The molecule has 0 bridgehead atoms. The summed E-state index contributed by atoms with van der Waals surface area (Å²) >= 11 is 1.33. The number of carboxylic acids is 1. The highest BCUT2D eigenvalue weighted by molar-refractivity contribution is 7.13. The highest BCUT2D eigenvalue weighted by atomic mass is 32.1. The molecule has 0 saturated carbocycles. The molecule has 0 fully saturated rings. The molecule has 1 aromatic carbocycles. The van der Waals surface area contributed by atoms with Gasteiger partial charge in [-0.2, -0.15) is 0 Å². The Kier molecular flexibility index (Phi) is 2.73. The van der Waals surface area contributed by atoms with E-state index in [1.54, 1.807) is 13.0 Å². The van der Waals surface area contributed by atoms with E-state index in [1.165, 1.54) is 11.3 Å². The second-order valence-electron chi connectivity index (χ2n) is 4.34. The number of nitrogens with zero attached hydrogens (tertiary/aromatic N) is 1. The molecule has 4 nitrogen and oxygen atoms in total. The molecule has 2 N–H and O–H groups in total. The highest BCUT2D eigenvalue weighted by Crippen LogP contribution is 2.39. The van der Waals surface area contributed by atoms with Crippen LogP contribution in [0.3, 0.4) is 0 Å². The van der Waals surface area contributed by atoms with E-state index in [2.05, 4.69) is 4.98 Å². The second-order valence-corrected chi connectivity index (χ2v) is 5.54. The highest BCUT2D eigenvalue weighted by Gasteiger charge is 2.25. The van der Waals surface area contributed by atoms with Crippen LogP contribution in [0.2, 0.25) is 0 Å². The quantitative estimate of drug-likeness (QED) is 0.882. The Labute approximate surface area is 113 Å². The van der Waals surface area contributed by atoms with Crippen LogP contribution < -0.4 is 0 Å². The maximum Gasteiger partial charge on any atom is 0.355 e. The lowest BCUT2D eigenvalue weighted by atomic mass is 10.1. The van der Waals surface area contributed by atoms with Gasteiger partial charge in [-0.1, -0.05) is 24.3 Å². The molecule has 3 rings (SSSR count). The van der Waals surface area contributed by atoms with Crippen LogP contribution in [0.15, 0.2) is 30.3 Å². The van der Waals surface area contributed by atoms with Crippen molar-refractivity contribution in [1.29, 1.82) is 0 Å². The van der Waals surface area contributed by atoms with Gasteiger partial charge >= 0.3 is 5.97 Å². The zero-order valence-electron chi connectivity index (χ0n) is 10.1. The normalized spacial score (nSPS) is 17.2. The van der Waals surface area contributed by atoms with E-state index in [4.69, 9.17) is 5.11 Å². The van der Waals surface area contributed by atoms with Gasteiger partial charge in [0.1, 0.15) is 5.01 Å². The fourth-order valence-electron chi connectivity index (χ4n) is 2.23. The number of aromatic carboxylic acids is 1. The summed E-state index contributed by atoms with van der Waals surface area (Å²) in [7, 11) is 0. The monoisotopic (exact) mass is 273 g/mol. The maximum atomic E-state index is 11.0. The first-order valence-corrected chi connectivity index (χ1v) is 6.60. The van der Waals surface area contributed by atoms with Gasteiger partial charge in [-0.3, -0.25) is 0 Å². The molecule has 0 aliphatic heterocycles. The number of rotatable bonds is 2. The molecule has 1 aromatic heterocycles. The number of aliphatic hydroxyl groups excluding tert-OH is 1. The third-order valence-corrected chi connectivity index (χ3v) is 4.13. The number of aromatic nitrogens is 1. The summed E-state index contributed by atoms with van der Waals surface area (Å²) in [5.74, 6) is -1.02. The number of aryl methyl sites for hydroxylation is 1. The Morgan fingerprint density at radius 1 is 1.37 bits per heavy atom. The van der Waals surface area contributed by atoms with E-state index in [-0.39, 0.29) is 5.69 Å². The molecule has 1 aliphatic carbocycles. The molecular formula is C14H11NO3S. The average Bonchev–Trinajstić information content (AvgIpc) is 2.91. The molecule has 1 aliphatic rings. The van der Waals surface area contributed by atoms with Crippen molar-refractivity contribution in [2.75, 3.05) is 0 Å². The average molecular weight is 273 g/mol. The number of fused-ring (bicyclic) bond motifs is 1. The minimum absolute atomic E-state index is 0.0831. The SMILES string of the molecule is Cc1sc(C2=CC(O)c3ccccc32)nc1C(=O)O. The maximum absolute atomic E-state index is 11.0. The van der Waals surface area contributed by atoms with Gasteiger partial charge in [0.2, 0.25) is 0 Å². The number of hydrogen-bond acceptors (Lipinski definition) is 4. The van der Waals surface area contributed by atoms with Crippen molar-refractivity contribution >= 4 is 22.9 Å². The molecule has 19 heavy (non-hydrogen) atoms. The summed E-state index contributed by atoms with van der Waals surface area (Å²) in [6, 6.07) is 7.54. The summed E-state index contributed by atoms with van der Waals surface area (Å²) in [6.07, 6.45) is 1.07. The summed E-state index contributed by atoms with van der Waals surface area (Å²) in [4.78, 5) is 15.9. The van der Waals surface area contributed by atoms with Crippen LogP contribution in [-0.2, 0) is 0 Å². The molecular weight excluding hydrogens is 262 g/mol. The van der Waals surface area contributed by atoms with Gasteiger partial charge in [0.25, 0.3) is 0 Å². The molecule has 0 spiro atoms. The number of thiazole rings is 1. The van der Waals surface area contributed by atoms with Crippen molar-refractivity contribution in [2.45, 2.75) is 13.0 Å². The molecule has 0 amide bonds. The molecule has 5 heteroatoms. The van der Waals surface area contributed by atoms with E-state index < -0.39 is 12.1 Å². The lowest BCUT2D eigenvalue weighted by Crippen LogP contribution is -1.98. The fourth-order valence-corrected chi connectivity index (χ4v) is 3.18. The molecule has 2 aromatic rings. The number of aliphatic hydroxyl groups is 1. The standard InChI is InChI=1S/C14H11NO3S/c1-7-12(14(17)18)15-13(19-7)10-6-11(16)9-5-3-2-4-8(9)10/h2-6,11,16H,1H3,(H,17,18). The predicted octanol–water partition coefficient (Wildman–Crippen LogP) is 2.63. The fraction of sp³-hybridized carbons (Fsp3) is 0.143. The smallest absolute Gasteiger partial charge is 0.355 e. The molecule has 96 valence electrons. The first-order chi connectivity index (χ1) is 9.08. The molecule has 1 unspecified atom stereocenters. The van der Waals surface area contributed by atoms with Gasteiger partial charge in [-0.05, 0) is 24.1 Å². The predicted molar refractivity (Wildman–Crippen MR) is 72.3 cm³/mol. The van der Waals surface area contributed by atoms with Crippen LogP contribution in [0.5, 0.6) is 0 Å². The van der Waals surface area contributed by atoms with Gasteiger partial charge < -0.3 is 10.2 Å². The summed E-state index contributed by atoms with van der Waals surface area (Å²) in [5.41, 5.74) is 2.64. The minimum Gasteiger partial charge on any atom is -0.476 e. The third-order valence-electron chi connectivity index (χ3n) is 3.12. The Morgan fingerprint density at radius 3 is 2.79 bits per heavy atom. The Balaban J connectivity index is 2.12. The first kappa shape index (κ1) is 12.1. The van der Waals surface area contributed by atoms with Crippen LogP contribution in [0.1, 0.15) is 37.6 Å². The van der Waals surface area contributed by atoms with Crippen LogP contribution in [0.25, 0.3) is 5.57 Å². The summed E-state index contributed by atoms with van der Waals surface area (Å²) < 4.78 is 0. The van der Waals surface area contributed by atoms with Crippen molar-refractivity contribution in [3.05, 3.63) is 57.0 Å². The number of carbonyl (C=O) groups is 1. The van der Waals surface area contributed by atoms with Gasteiger partial charge in [-0.15, -0.1) is 11.3 Å². The van der Waals surface area contributed by atoms with Crippen LogP contribution in [0.4, 0.5) is 0 Å².